The van der Waals surface area contributed by atoms with E-state index >= 15 is 0 Å². The van der Waals surface area contributed by atoms with Gasteiger partial charge < -0.3 is 4.57 Å². The minimum Gasteiger partial charge on any atom is -0.330 e. The van der Waals surface area contributed by atoms with Crippen LogP contribution in [0, 0.1) is 5.82 Å². The fraction of sp³-hybridized carbons (Fsp3) is 0.105. The second-order valence-corrected chi connectivity index (χ2v) is 5.74. The summed E-state index contributed by atoms with van der Waals surface area (Å²) in [6, 6.07) is 16.0. The van der Waals surface area contributed by atoms with Crippen LogP contribution in [0.1, 0.15) is 0 Å². The van der Waals surface area contributed by atoms with Crippen LogP contribution >= 0.6 is 0 Å². The van der Waals surface area contributed by atoms with Gasteiger partial charge in [-0.1, -0.05) is 30.3 Å². The first-order valence-corrected chi connectivity index (χ1v) is 7.41. The van der Waals surface area contributed by atoms with E-state index in [1.165, 1.54) is 12.1 Å². The molecule has 0 amide bonds. The van der Waals surface area contributed by atoms with Gasteiger partial charge in [-0.2, -0.15) is 0 Å². The minimum atomic E-state index is -0.309. The summed E-state index contributed by atoms with van der Waals surface area (Å²) < 4.78 is 16.8. The molecule has 0 N–H and O–H groups in total. The van der Waals surface area contributed by atoms with E-state index in [1.807, 2.05) is 35.9 Å². The second kappa shape index (κ2) is 4.81. The molecule has 0 aliphatic rings. The van der Waals surface area contributed by atoms with Crippen molar-refractivity contribution in [2.45, 2.75) is 0 Å². The number of pyridine rings is 1. The summed E-state index contributed by atoms with van der Waals surface area (Å²) in [6.45, 7) is 0. The Bertz CT molecular complexity index is 1100. The van der Waals surface area contributed by atoms with Crippen molar-refractivity contribution in [2.75, 3.05) is 0 Å². The Morgan fingerprint density at radius 3 is 2.30 bits per heavy atom. The fourth-order valence-electron chi connectivity index (χ4n) is 3.28. The maximum Gasteiger partial charge on any atom is 0.259 e. The number of nitrogens with zero attached hydrogens (tertiary/aromatic N) is 2. The molecule has 4 aromatic rings. The maximum absolute atomic E-state index is 13.2. The molecule has 0 unspecified atom stereocenters. The molecule has 0 saturated carbocycles. The molecule has 0 saturated heterocycles. The lowest BCUT2D eigenvalue weighted by Gasteiger charge is -2.08. The highest BCUT2D eigenvalue weighted by molar-refractivity contribution is 6.07. The molecule has 23 heavy (non-hydrogen) atoms. The van der Waals surface area contributed by atoms with E-state index in [0.717, 1.165) is 27.5 Å². The molecule has 0 spiro atoms. The highest BCUT2D eigenvalue weighted by Crippen LogP contribution is 2.29. The van der Waals surface area contributed by atoms with E-state index in [1.54, 1.807) is 23.7 Å². The minimum absolute atomic E-state index is 0.0879. The Morgan fingerprint density at radius 2 is 1.57 bits per heavy atom. The van der Waals surface area contributed by atoms with Gasteiger partial charge in [0.25, 0.3) is 5.56 Å². The van der Waals surface area contributed by atoms with E-state index in [0.29, 0.717) is 5.56 Å². The summed E-state index contributed by atoms with van der Waals surface area (Å²) in [4.78, 5) is 12.8. The van der Waals surface area contributed by atoms with Crippen molar-refractivity contribution in [1.29, 1.82) is 0 Å². The van der Waals surface area contributed by atoms with Gasteiger partial charge in [0.15, 0.2) is 0 Å². The van der Waals surface area contributed by atoms with Gasteiger partial charge in [0.05, 0.1) is 5.52 Å². The Kier molecular flexibility index (Phi) is 2.88. The van der Waals surface area contributed by atoms with Crippen LogP contribution in [-0.4, -0.2) is 9.13 Å². The Labute approximate surface area is 132 Å². The number of hydrogen-bond donors (Lipinski definition) is 0. The van der Waals surface area contributed by atoms with Crippen LogP contribution in [-0.2, 0) is 14.1 Å². The van der Waals surface area contributed by atoms with Crippen LogP contribution < -0.4 is 5.56 Å². The normalized spacial score (nSPS) is 11.4. The van der Waals surface area contributed by atoms with Crippen LogP contribution in [0.15, 0.2) is 59.4 Å². The molecular formula is C19H15FN2O. The van der Waals surface area contributed by atoms with Gasteiger partial charge in [-0.05, 0) is 29.8 Å². The summed E-state index contributed by atoms with van der Waals surface area (Å²) in [5.74, 6) is -0.309. The van der Waals surface area contributed by atoms with E-state index in [-0.39, 0.29) is 11.4 Å². The van der Waals surface area contributed by atoms with Gasteiger partial charge in [0, 0.05) is 30.4 Å². The van der Waals surface area contributed by atoms with Gasteiger partial charge in [-0.25, -0.2) is 4.39 Å². The average Bonchev–Trinajstić information content (AvgIpc) is 2.85. The van der Waals surface area contributed by atoms with Crippen LogP contribution in [0.3, 0.4) is 0 Å². The molecule has 0 aliphatic heterocycles. The number of halogens is 1. The largest absolute Gasteiger partial charge is 0.330 e. The Balaban J connectivity index is 2.15. The number of aryl methyl sites for hydroxylation is 2. The van der Waals surface area contributed by atoms with Gasteiger partial charge >= 0.3 is 0 Å². The number of fused-ring (bicyclic) bond motifs is 3. The van der Waals surface area contributed by atoms with Gasteiger partial charge in [0.1, 0.15) is 11.5 Å². The van der Waals surface area contributed by atoms with E-state index < -0.39 is 0 Å². The van der Waals surface area contributed by atoms with E-state index in [2.05, 4.69) is 6.07 Å². The third kappa shape index (κ3) is 1.91. The van der Waals surface area contributed by atoms with Crippen molar-refractivity contribution < 1.29 is 4.39 Å². The zero-order chi connectivity index (χ0) is 16.1. The van der Waals surface area contributed by atoms with Crippen LogP contribution in [0.5, 0.6) is 0 Å². The zero-order valence-electron chi connectivity index (χ0n) is 12.9. The Hall–Kier alpha value is -2.88. The molecule has 0 bridgehead atoms. The molecule has 3 nitrogen and oxygen atoms in total. The maximum atomic E-state index is 13.2. The highest BCUT2D eigenvalue weighted by Gasteiger charge is 2.15. The average molecular weight is 306 g/mol. The molecule has 0 radical (unpaired) electrons. The first kappa shape index (κ1) is 13.8. The third-order valence-corrected chi connectivity index (χ3v) is 4.41. The summed E-state index contributed by atoms with van der Waals surface area (Å²) in [6.07, 6.45) is 0. The molecule has 4 rings (SSSR count). The molecule has 2 aromatic heterocycles. The topological polar surface area (TPSA) is 26.9 Å². The smallest absolute Gasteiger partial charge is 0.259 e. The summed E-state index contributed by atoms with van der Waals surface area (Å²) >= 11 is 0. The van der Waals surface area contributed by atoms with Gasteiger partial charge in [-0.15, -0.1) is 0 Å². The number of benzene rings is 2. The lowest BCUT2D eigenvalue weighted by Crippen LogP contribution is -2.20. The first-order valence-electron chi connectivity index (χ1n) is 7.41. The SMILES string of the molecule is Cn1c(=O)c(-c2ccc(F)cc2)cc2c3ccccc3n(C)c21. The first-order chi connectivity index (χ1) is 11.1. The second-order valence-electron chi connectivity index (χ2n) is 5.74. The monoisotopic (exact) mass is 306 g/mol. The molecule has 0 atom stereocenters. The lowest BCUT2D eigenvalue weighted by atomic mass is 10.1. The number of rotatable bonds is 1. The molecule has 0 fully saturated rings. The number of aromatic nitrogens is 2. The fourth-order valence-corrected chi connectivity index (χ4v) is 3.28. The van der Waals surface area contributed by atoms with Crippen LogP contribution in [0.2, 0.25) is 0 Å². The molecule has 2 aromatic carbocycles. The molecular weight excluding hydrogens is 291 g/mol. The van der Waals surface area contributed by atoms with Crippen molar-refractivity contribution in [1.82, 2.24) is 9.13 Å². The molecule has 114 valence electrons. The van der Waals surface area contributed by atoms with Crippen molar-refractivity contribution in [2.24, 2.45) is 14.1 Å². The van der Waals surface area contributed by atoms with Gasteiger partial charge in [0.2, 0.25) is 0 Å². The summed E-state index contributed by atoms with van der Waals surface area (Å²) in [7, 11) is 3.73. The predicted octanol–water partition coefficient (Wildman–Crippen LogP) is 3.84. The van der Waals surface area contributed by atoms with Crippen LogP contribution in [0.4, 0.5) is 4.39 Å². The quantitative estimate of drug-likeness (QED) is 0.525. The van der Waals surface area contributed by atoms with Crippen molar-refractivity contribution in [3.8, 4) is 11.1 Å². The molecule has 4 heteroatoms. The Morgan fingerprint density at radius 1 is 0.870 bits per heavy atom. The van der Waals surface area contributed by atoms with Crippen molar-refractivity contribution in [3.05, 3.63) is 70.8 Å². The van der Waals surface area contributed by atoms with Crippen molar-refractivity contribution >= 4 is 21.9 Å². The lowest BCUT2D eigenvalue weighted by molar-refractivity contribution is 0.628. The van der Waals surface area contributed by atoms with E-state index in [9.17, 15) is 9.18 Å². The predicted molar refractivity (Wildman–Crippen MR) is 91.1 cm³/mol. The molecule has 0 aliphatic carbocycles. The van der Waals surface area contributed by atoms with Crippen molar-refractivity contribution in [3.63, 3.8) is 0 Å². The molecule has 2 heterocycles. The number of para-hydroxylation sites is 1. The summed E-state index contributed by atoms with van der Waals surface area (Å²) in [5, 5.41) is 2.12. The zero-order valence-corrected chi connectivity index (χ0v) is 12.9. The van der Waals surface area contributed by atoms with E-state index in [4.69, 9.17) is 0 Å². The van der Waals surface area contributed by atoms with Crippen LogP contribution in [0.25, 0.3) is 33.1 Å². The van der Waals surface area contributed by atoms with Gasteiger partial charge in [-0.3, -0.25) is 9.36 Å². The standard InChI is InChI=1S/C19H15FN2O/c1-21-17-6-4-3-5-14(17)16-11-15(19(23)22(2)18(16)21)12-7-9-13(20)10-8-12/h3-11H,1-2H3. The third-order valence-electron chi connectivity index (χ3n) is 4.41. The highest BCUT2D eigenvalue weighted by atomic mass is 19.1. The number of hydrogen-bond acceptors (Lipinski definition) is 1. The summed E-state index contributed by atoms with van der Waals surface area (Å²) in [5.41, 5.74) is 3.17.